The van der Waals surface area contributed by atoms with Crippen molar-refractivity contribution in [2.75, 3.05) is 7.11 Å². The summed E-state index contributed by atoms with van der Waals surface area (Å²) in [6.45, 7) is 0. The Hall–Kier alpha value is -2.36. The number of hydrogen-bond acceptors (Lipinski definition) is 3. The van der Waals surface area contributed by atoms with Crippen LogP contribution in [0.1, 0.15) is 31.2 Å². The Labute approximate surface area is 128 Å². The number of methoxy groups -OCH3 is 1. The minimum atomic E-state index is -1.45. The van der Waals surface area contributed by atoms with Crippen LogP contribution in [0.2, 0.25) is 0 Å². The van der Waals surface area contributed by atoms with Crippen LogP contribution in [-0.2, 0) is 15.0 Å². The summed E-state index contributed by atoms with van der Waals surface area (Å²) in [5.41, 5.74) is -0.897. The molecule has 3 rings (SSSR count). The molecule has 4 heteroatoms. The van der Waals surface area contributed by atoms with E-state index in [1.807, 2.05) is 30.3 Å². The summed E-state index contributed by atoms with van der Waals surface area (Å²) in [4.78, 5) is 24.6. The maximum Gasteiger partial charge on any atom is 0.321 e. The number of benzene rings is 2. The molecular formula is C18H18O4. The molecule has 1 N–H and O–H groups in total. The van der Waals surface area contributed by atoms with Crippen LogP contribution < -0.4 is 4.74 Å². The van der Waals surface area contributed by atoms with Crippen LogP contribution in [0.3, 0.4) is 0 Å². The molecule has 0 bridgehead atoms. The third-order valence-electron chi connectivity index (χ3n) is 4.58. The lowest BCUT2D eigenvalue weighted by molar-refractivity contribution is -0.150. The summed E-state index contributed by atoms with van der Waals surface area (Å²) >= 11 is 0. The average molecular weight is 298 g/mol. The van der Waals surface area contributed by atoms with Gasteiger partial charge in [0.1, 0.15) is 5.75 Å². The van der Waals surface area contributed by atoms with Gasteiger partial charge in [-0.2, -0.15) is 0 Å². The first kappa shape index (κ1) is 14.6. The molecule has 0 radical (unpaired) electrons. The highest BCUT2D eigenvalue weighted by atomic mass is 16.5. The Bertz CT molecular complexity index is 750. The smallest absolute Gasteiger partial charge is 0.321 e. The van der Waals surface area contributed by atoms with Crippen molar-refractivity contribution >= 4 is 22.5 Å². The van der Waals surface area contributed by atoms with Crippen LogP contribution in [0.15, 0.2) is 36.4 Å². The maximum absolute atomic E-state index is 12.6. The highest BCUT2D eigenvalue weighted by Gasteiger charge is 2.49. The first-order valence-corrected chi connectivity index (χ1v) is 7.43. The largest absolute Gasteiger partial charge is 0.497 e. The predicted octanol–water partition coefficient (Wildman–Crippen LogP) is 3.31. The van der Waals surface area contributed by atoms with E-state index in [-0.39, 0.29) is 5.78 Å². The number of ether oxygens (including phenoxy) is 1. The van der Waals surface area contributed by atoms with Crippen LogP contribution in [0.5, 0.6) is 5.75 Å². The zero-order chi connectivity index (χ0) is 15.7. The molecule has 0 aromatic heterocycles. The molecule has 0 aliphatic heterocycles. The third-order valence-corrected chi connectivity index (χ3v) is 4.58. The quantitative estimate of drug-likeness (QED) is 0.883. The molecule has 4 nitrogen and oxygen atoms in total. The van der Waals surface area contributed by atoms with E-state index in [1.165, 1.54) is 0 Å². The van der Waals surface area contributed by atoms with Crippen LogP contribution in [0.4, 0.5) is 0 Å². The summed E-state index contributed by atoms with van der Waals surface area (Å²) in [5.74, 6) is -0.687. The van der Waals surface area contributed by atoms with Crippen molar-refractivity contribution in [3.8, 4) is 5.75 Å². The number of hydrogen-bond donors (Lipinski definition) is 1. The fourth-order valence-corrected chi connectivity index (χ4v) is 3.41. The molecule has 2 aromatic rings. The molecule has 0 saturated heterocycles. The maximum atomic E-state index is 12.6. The Morgan fingerprint density at radius 2 is 2.00 bits per heavy atom. The van der Waals surface area contributed by atoms with Crippen LogP contribution in [0, 0.1) is 0 Å². The molecule has 114 valence electrons. The molecule has 0 heterocycles. The average Bonchev–Trinajstić information content (AvgIpc) is 2.54. The Morgan fingerprint density at radius 1 is 1.23 bits per heavy atom. The second kappa shape index (κ2) is 5.44. The normalized spacial score (nSPS) is 21.8. The summed E-state index contributed by atoms with van der Waals surface area (Å²) in [5, 5.41) is 11.6. The lowest BCUT2D eigenvalue weighted by atomic mass is 9.67. The Morgan fingerprint density at radius 3 is 2.68 bits per heavy atom. The van der Waals surface area contributed by atoms with Gasteiger partial charge in [-0.25, -0.2) is 0 Å². The Balaban J connectivity index is 2.34. The minimum absolute atomic E-state index is 0.204. The van der Waals surface area contributed by atoms with Crippen molar-refractivity contribution < 1.29 is 19.4 Å². The molecule has 1 fully saturated rings. The number of carboxylic acids is 1. The van der Waals surface area contributed by atoms with Crippen molar-refractivity contribution in [1.82, 2.24) is 0 Å². The number of carbonyl (C=O) groups excluding carboxylic acids is 1. The summed E-state index contributed by atoms with van der Waals surface area (Å²) < 4.78 is 5.31. The van der Waals surface area contributed by atoms with E-state index in [0.29, 0.717) is 24.2 Å². The van der Waals surface area contributed by atoms with Crippen LogP contribution >= 0.6 is 0 Å². The number of rotatable bonds is 3. The highest BCUT2D eigenvalue weighted by Crippen LogP contribution is 2.42. The third kappa shape index (κ3) is 2.06. The van der Waals surface area contributed by atoms with Crippen molar-refractivity contribution in [3.05, 3.63) is 42.0 Å². The first-order valence-electron chi connectivity index (χ1n) is 7.43. The topological polar surface area (TPSA) is 63.6 Å². The van der Waals surface area contributed by atoms with Crippen molar-refractivity contribution in [2.45, 2.75) is 31.1 Å². The van der Waals surface area contributed by atoms with Crippen LogP contribution in [-0.4, -0.2) is 24.0 Å². The first-order chi connectivity index (χ1) is 10.6. The second-order valence-electron chi connectivity index (χ2n) is 5.74. The molecule has 1 unspecified atom stereocenters. The summed E-state index contributed by atoms with van der Waals surface area (Å²) in [6, 6.07) is 11.1. The van der Waals surface area contributed by atoms with Gasteiger partial charge in [0.15, 0.2) is 11.2 Å². The molecule has 1 aliphatic carbocycles. The van der Waals surface area contributed by atoms with Crippen LogP contribution in [0.25, 0.3) is 10.8 Å². The second-order valence-corrected chi connectivity index (χ2v) is 5.74. The molecule has 0 spiro atoms. The molecule has 1 saturated carbocycles. The van der Waals surface area contributed by atoms with Gasteiger partial charge in [-0.3, -0.25) is 9.59 Å². The fourth-order valence-electron chi connectivity index (χ4n) is 3.41. The monoisotopic (exact) mass is 298 g/mol. The van der Waals surface area contributed by atoms with Crippen molar-refractivity contribution in [1.29, 1.82) is 0 Å². The standard InChI is InChI=1S/C18H18O4/c1-22-13-10-12-6-2-3-7-14(12)15(11-13)18(17(20)21)9-5-4-8-16(18)19/h2-3,6-7,10-11H,4-5,8-9H2,1H3,(H,20,21). The van der Waals surface area contributed by atoms with E-state index in [0.717, 1.165) is 23.6 Å². The van der Waals surface area contributed by atoms with Crippen molar-refractivity contribution in [3.63, 3.8) is 0 Å². The van der Waals surface area contributed by atoms with Gasteiger partial charge in [0, 0.05) is 6.42 Å². The zero-order valence-electron chi connectivity index (χ0n) is 12.5. The van der Waals surface area contributed by atoms with E-state index < -0.39 is 11.4 Å². The van der Waals surface area contributed by atoms with Gasteiger partial charge in [-0.15, -0.1) is 0 Å². The number of carboxylic acid groups (broad SMARTS) is 1. The number of fused-ring (bicyclic) bond motifs is 1. The van der Waals surface area contributed by atoms with E-state index in [2.05, 4.69) is 0 Å². The van der Waals surface area contributed by atoms with Gasteiger partial charge in [0.25, 0.3) is 0 Å². The van der Waals surface area contributed by atoms with Gasteiger partial charge in [-0.05, 0) is 41.3 Å². The predicted molar refractivity (Wildman–Crippen MR) is 83.3 cm³/mol. The van der Waals surface area contributed by atoms with Gasteiger partial charge >= 0.3 is 5.97 Å². The number of aliphatic carboxylic acids is 1. The van der Waals surface area contributed by atoms with E-state index in [1.54, 1.807) is 13.2 Å². The highest BCUT2D eigenvalue weighted by molar-refractivity contribution is 6.12. The van der Waals surface area contributed by atoms with E-state index in [4.69, 9.17) is 4.74 Å². The van der Waals surface area contributed by atoms with Gasteiger partial charge in [-0.1, -0.05) is 30.7 Å². The molecule has 22 heavy (non-hydrogen) atoms. The van der Waals surface area contributed by atoms with E-state index >= 15 is 0 Å². The number of carbonyl (C=O) groups is 2. The summed E-state index contributed by atoms with van der Waals surface area (Å²) in [6.07, 6.45) is 2.16. The number of Topliss-reactive ketones (excluding diaryl/α,β-unsaturated/α-hetero) is 1. The lowest BCUT2D eigenvalue weighted by Gasteiger charge is -2.33. The van der Waals surface area contributed by atoms with Gasteiger partial charge < -0.3 is 9.84 Å². The fraction of sp³-hybridized carbons (Fsp3) is 0.333. The SMILES string of the molecule is COc1cc(C2(C(=O)O)CCCCC2=O)c2ccccc2c1. The summed E-state index contributed by atoms with van der Waals surface area (Å²) in [7, 11) is 1.55. The van der Waals surface area contributed by atoms with Gasteiger partial charge in [0.2, 0.25) is 0 Å². The lowest BCUT2D eigenvalue weighted by Crippen LogP contribution is -2.46. The molecule has 1 aliphatic rings. The molecule has 2 aromatic carbocycles. The minimum Gasteiger partial charge on any atom is -0.497 e. The zero-order valence-corrected chi connectivity index (χ0v) is 12.5. The number of ketones is 1. The van der Waals surface area contributed by atoms with Gasteiger partial charge in [0.05, 0.1) is 7.11 Å². The molecular weight excluding hydrogens is 280 g/mol. The van der Waals surface area contributed by atoms with E-state index in [9.17, 15) is 14.7 Å². The van der Waals surface area contributed by atoms with Crippen molar-refractivity contribution in [2.24, 2.45) is 0 Å². The molecule has 1 atom stereocenters. The molecule has 0 amide bonds. The Kier molecular flexibility index (Phi) is 3.61.